The van der Waals surface area contributed by atoms with Crippen molar-refractivity contribution in [2.45, 2.75) is 81.4 Å². The van der Waals surface area contributed by atoms with Gasteiger partial charge in [-0.25, -0.2) is 4.98 Å². The molecule has 0 bridgehead atoms. The van der Waals surface area contributed by atoms with Gasteiger partial charge in [0.1, 0.15) is 21.8 Å². The maximum Gasteiger partial charge on any atom is 0.144 e. The average molecular weight is 467 g/mol. The molecule has 0 radical (unpaired) electrons. The summed E-state index contributed by atoms with van der Waals surface area (Å²) < 4.78 is 17.5. The molecule has 32 heavy (non-hydrogen) atoms. The van der Waals surface area contributed by atoms with Crippen LogP contribution in [0, 0.1) is 11.3 Å². The van der Waals surface area contributed by atoms with Crippen LogP contribution in [0.15, 0.2) is 52.0 Å². The molecule has 1 spiro atoms. The van der Waals surface area contributed by atoms with Crippen LogP contribution in [0.25, 0.3) is 0 Å². The number of hydrogen-bond donors (Lipinski definition) is 0. The predicted molar refractivity (Wildman–Crippen MR) is 136 cm³/mol. The first-order chi connectivity index (χ1) is 15.3. The molecular weight excluding hydrogens is 432 g/mol. The zero-order valence-corrected chi connectivity index (χ0v) is 21.1. The van der Waals surface area contributed by atoms with Crippen LogP contribution in [0.5, 0.6) is 0 Å². The van der Waals surface area contributed by atoms with E-state index < -0.39 is 11.4 Å². The summed E-state index contributed by atoms with van der Waals surface area (Å²) in [4.78, 5) is 4.76. The Morgan fingerprint density at radius 2 is 1.84 bits per heavy atom. The summed E-state index contributed by atoms with van der Waals surface area (Å²) in [6, 6.07) is 13.1. The van der Waals surface area contributed by atoms with Gasteiger partial charge in [0, 0.05) is 22.9 Å². The quantitative estimate of drug-likeness (QED) is 0.362. The van der Waals surface area contributed by atoms with E-state index in [2.05, 4.69) is 42.6 Å². The number of aromatic nitrogens is 1. The molecule has 3 aliphatic carbocycles. The summed E-state index contributed by atoms with van der Waals surface area (Å²) >= 11 is 0.672. The first-order valence-corrected chi connectivity index (χ1v) is 14.1. The van der Waals surface area contributed by atoms with Crippen LogP contribution < -0.4 is 0 Å². The van der Waals surface area contributed by atoms with Crippen molar-refractivity contribution in [3.63, 3.8) is 0 Å². The Morgan fingerprint density at radius 1 is 1.09 bits per heavy atom. The number of benzene rings is 1. The Morgan fingerprint density at radius 3 is 2.50 bits per heavy atom. The maximum atomic E-state index is 13.0. The average Bonchev–Trinajstić information content (AvgIpc) is 3.57. The first kappa shape index (κ1) is 22.5. The lowest BCUT2D eigenvalue weighted by molar-refractivity contribution is 0.266. The molecule has 2 aromatic rings. The highest BCUT2D eigenvalue weighted by Crippen LogP contribution is 2.51. The van der Waals surface area contributed by atoms with E-state index in [1.165, 1.54) is 40.3 Å². The Kier molecular flexibility index (Phi) is 6.19. The van der Waals surface area contributed by atoms with Gasteiger partial charge in [0.25, 0.3) is 0 Å². The van der Waals surface area contributed by atoms with Crippen molar-refractivity contribution >= 4 is 28.8 Å². The normalized spacial score (nSPS) is 27.6. The van der Waals surface area contributed by atoms with Gasteiger partial charge in [-0.2, -0.15) is 0 Å². The van der Waals surface area contributed by atoms with Gasteiger partial charge < -0.3 is 4.55 Å². The molecule has 0 amide bonds. The topological polar surface area (TPSA) is 48.3 Å². The second-order valence-corrected chi connectivity index (χ2v) is 13.8. The lowest BCUT2D eigenvalue weighted by atomic mass is 9.67. The summed E-state index contributed by atoms with van der Waals surface area (Å²) in [5.74, 6) is 2.71. The van der Waals surface area contributed by atoms with Gasteiger partial charge in [0.05, 0.1) is 5.03 Å². The molecule has 170 valence electrons. The lowest BCUT2D eigenvalue weighted by Crippen LogP contribution is -2.35. The lowest BCUT2D eigenvalue weighted by Gasteiger charge is -2.37. The fraction of sp³-hybridized carbons (Fsp3) is 0.556. The van der Waals surface area contributed by atoms with Gasteiger partial charge in [0.2, 0.25) is 0 Å². The highest BCUT2D eigenvalue weighted by Gasteiger charge is 2.47. The third kappa shape index (κ3) is 4.67. The summed E-state index contributed by atoms with van der Waals surface area (Å²) in [7, 11) is 0. The van der Waals surface area contributed by atoms with Gasteiger partial charge in [-0.3, -0.25) is 0 Å². The summed E-state index contributed by atoms with van der Waals surface area (Å²) in [6.45, 7) is 6.03. The minimum Gasteiger partial charge on any atom is -0.591 e. The molecule has 5 rings (SSSR count). The predicted octanol–water partition coefficient (Wildman–Crippen LogP) is 6.74. The Balaban J connectivity index is 1.32. The highest BCUT2D eigenvalue weighted by atomic mass is 32.2. The maximum absolute atomic E-state index is 13.0. The van der Waals surface area contributed by atoms with Gasteiger partial charge in [-0.1, -0.05) is 34.7 Å². The van der Waals surface area contributed by atoms with Crippen molar-refractivity contribution in [2.24, 2.45) is 15.7 Å². The molecule has 0 aliphatic heterocycles. The molecular formula is C27H34N2OS2. The standard InChI is InChI=1S/C27H34N2OS2/c1-26(2,3)32(30)29-25-23-7-5-4-6-21(23)16-27(25)14-12-20(13-15-27)22-10-11-24(28-17-22)31-18-19-8-9-19/h4-7,10-11,17,19-20H,8-9,12-16,18H2,1-3H3. The summed E-state index contributed by atoms with van der Waals surface area (Å²) in [5.41, 5.74) is 5.11. The minimum absolute atomic E-state index is 0.0363. The van der Waals surface area contributed by atoms with Crippen LogP contribution in [0.4, 0.5) is 0 Å². The molecule has 1 heterocycles. The first-order valence-electron chi connectivity index (χ1n) is 12.0. The van der Waals surface area contributed by atoms with E-state index in [4.69, 9.17) is 9.38 Å². The molecule has 2 saturated carbocycles. The zero-order valence-electron chi connectivity index (χ0n) is 19.5. The van der Waals surface area contributed by atoms with E-state index in [0.29, 0.717) is 5.92 Å². The van der Waals surface area contributed by atoms with E-state index in [-0.39, 0.29) is 10.2 Å². The molecule has 2 fully saturated rings. The summed E-state index contributed by atoms with van der Waals surface area (Å²) in [5, 5.41) is 1.17. The van der Waals surface area contributed by atoms with Crippen LogP contribution in [-0.2, 0) is 17.8 Å². The number of thioether (sulfide) groups is 1. The van der Waals surface area contributed by atoms with Crippen LogP contribution >= 0.6 is 11.8 Å². The number of pyridine rings is 1. The van der Waals surface area contributed by atoms with E-state index in [1.807, 2.05) is 32.5 Å². The molecule has 1 aromatic carbocycles. The molecule has 5 heteroatoms. The van der Waals surface area contributed by atoms with E-state index in [0.717, 1.165) is 43.7 Å². The van der Waals surface area contributed by atoms with Crippen LogP contribution in [0.2, 0.25) is 0 Å². The second-order valence-electron chi connectivity index (χ2n) is 10.9. The number of nitrogens with zero attached hydrogens (tertiary/aromatic N) is 2. The molecule has 3 aliphatic rings. The second kappa shape index (κ2) is 8.81. The minimum atomic E-state index is -1.24. The molecule has 1 atom stereocenters. The SMILES string of the molecule is CC(C)(C)[S+]([O-])N=C1c2ccccc2CC12CCC(c1ccc(SCC3CC3)nc1)CC2. The van der Waals surface area contributed by atoms with Gasteiger partial charge >= 0.3 is 0 Å². The molecule has 0 N–H and O–H groups in total. The van der Waals surface area contributed by atoms with Crippen molar-refractivity contribution in [3.8, 4) is 0 Å². The van der Waals surface area contributed by atoms with Crippen molar-refractivity contribution in [2.75, 3.05) is 5.75 Å². The molecule has 3 nitrogen and oxygen atoms in total. The van der Waals surface area contributed by atoms with Crippen LogP contribution in [0.1, 0.15) is 81.9 Å². The van der Waals surface area contributed by atoms with Crippen molar-refractivity contribution in [3.05, 3.63) is 59.3 Å². The molecule has 0 saturated heterocycles. The van der Waals surface area contributed by atoms with Crippen LogP contribution in [-0.4, -0.2) is 25.7 Å². The molecule has 1 aromatic heterocycles. The van der Waals surface area contributed by atoms with Crippen molar-refractivity contribution < 1.29 is 4.55 Å². The van der Waals surface area contributed by atoms with Gasteiger partial charge in [-0.05, 0) is 94.7 Å². The van der Waals surface area contributed by atoms with E-state index in [1.54, 1.807) is 0 Å². The van der Waals surface area contributed by atoms with Gasteiger partial charge in [0.15, 0.2) is 0 Å². The van der Waals surface area contributed by atoms with E-state index in [9.17, 15) is 4.55 Å². The Hall–Kier alpha value is -1.30. The van der Waals surface area contributed by atoms with Crippen molar-refractivity contribution in [1.82, 2.24) is 4.98 Å². The number of fused-ring (bicyclic) bond motifs is 1. The van der Waals surface area contributed by atoms with Crippen molar-refractivity contribution in [1.29, 1.82) is 0 Å². The van der Waals surface area contributed by atoms with Gasteiger partial charge in [-0.15, -0.1) is 11.8 Å². The monoisotopic (exact) mass is 466 g/mol. The third-order valence-corrected chi connectivity index (χ3v) is 9.91. The fourth-order valence-corrected chi connectivity index (χ4v) is 6.89. The van der Waals surface area contributed by atoms with E-state index >= 15 is 0 Å². The Bertz CT molecular complexity index is 983. The Labute approximate surface area is 200 Å². The largest absolute Gasteiger partial charge is 0.591 e. The highest BCUT2D eigenvalue weighted by molar-refractivity contribution is 7.99. The zero-order chi connectivity index (χ0) is 22.3. The number of rotatable bonds is 5. The smallest absolute Gasteiger partial charge is 0.144 e. The third-order valence-electron chi connectivity index (χ3n) is 7.34. The number of hydrogen-bond acceptors (Lipinski definition) is 4. The summed E-state index contributed by atoms with van der Waals surface area (Å²) in [6.07, 6.45) is 10.4. The fourth-order valence-electron chi connectivity index (χ4n) is 5.13. The van der Waals surface area contributed by atoms with Crippen LogP contribution in [0.3, 0.4) is 0 Å². The molecule has 1 unspecified atom stereocenters.